The molecule has 3 nitrogen and oxygen atoms in total. The molecule has 0 aliphatic rings. The zero-order valence-electron chi connectivity index (χ0n) is 11.2. The van der Waals surface area contributed by atoms with Crippen LogP contribution >= 0.6 is 0 Å². The van der Waals surface area contributed by atoms with Crippen LogP contribution in [0.25, 0.3) is 11.3 Å². The fourth-order valence-electron chi connectivity index (χ4n) is 2.03. The van der Waals surface area contributed by atoms with E-state index in [2.05, 4.69) is 60.3 Å². The molecule has 2 rings (SSSR count). The summed E-state index contributed by atoms with van der Waals surface area (Å²) in [6.45, 7) is 7.16. The monoisotopic (exact) mass is 241 g/mol. The average molecular weight is 241 g/mol. The summed E-state index contributed by atoms with van der Waals surface area (Å²) in [7, 11) is 0. The lowest BCUT2D eigenvalue weighted by molar-refractivity contribution is 1.08. The number of nitrogens with zero attached hydrogens (tertiary/aromatic N) is 2. The molecule has 0 aliphatic carbocycles. The van der Waals surface area contributed by atoms with Crippen LogP contribution in [0, 0.1) is 6.92 Å². The molecular weight excluding hydrogens is 222 g/mol. The van der Waals surface area contributed by atoms with Crippen LogP contribution in [-0.4, -0.2) is 16.5 Å². The summed E-state index contributed by atoms with van der Waals surface area (Å²) < 4.78 is 0. The van der Waals surface area contributed by atoms with Crippen LogP contribution in [0.4, 0.5) is 5.82 Å². The first-order valence-corrected chi connectivity index (χ1v) is 6.41. The number of anilines is 1. The number of nitrogens with one attached hydrogen (secondary N) is 1. The topological polar surface area (TPSA) is 37.8 Å². The lowest BCUT2D eigenvalue weighted by Crippen LogP contribution is -2.03. The number of aryl methyl sites for hydroxylation is 1. The van der Waals surface area contributed by atoms with E-state index in [-0.39, 0.29) is 0 Å². The zero-order valence-corrected chi connectivity index (χ0v) is 11.2. The van der Waals surface area contributed by atoms with E-state index in [4.69, 9.17) is 0 Å². The Bertz CT molecular complexity index is 535. The predicted molar refractivity (Wildman–Crippen MR) is 75.7 cm³/mol. The molecule has 0 unspecified atom stereocenters. The van der Waals surface area contributed by atoms with Gasteiger partial charge in [-0.15, -0.1) is 0 Å². The van der Waals surface area contributed by atoms with Crippen LogP contribution in [0.2, 0.25) is 0 Å². The Kier molecular flexibility index (Phi) is 3.92. The molecule has 0 amide bonds. The molecule has 0 saturated carbocycles. The van der Waals surface area contributed by atoms with Crippen LogP contribution in [0.15, 0.2) is 30.6 Å². The number of aromatic nitrogens is 2. The van der Waals surface area contributed by atoms with Crippen molar-refractivity contribution in [1.29, 1.82) is 0 Å². The first-order chi connectivity index (χ1) is 8.76. The lowest BCUT2D eigenvalue weighted by atomic mass is 10.0. The van der Waals surface area contributed by atoms with Gasteiger partial charge in [0.2, 0.25) is 0 Å². The summed E-state index contributed by atoms with van der Waals surface area (Å²) in [5.74, 6) is 0.921. The van der Waals surface area contributed by atoms with Gasteiger partial charge in [-0.25, -0.2) is 9.97 Å². The molecule has 0 saturated heterocycles. The number of benzene rings is 1. The lowest BCUT2D eigenvalue weighted by Gasteiger charge is -2.10. The summed E-state index contributed by atoms with van der Waals surface area (Å²) in [5, 5.41) is 3.26. The molecule has 0 atom stereocenters. The van der Waals surface area contributed by atoms with Crippen molar-refractivity contribution in [3.8, 4) is 11.3 Å². The Labute approximate surface area is 108 Å². The van der Waals surface area contributed by atoms with Crippen molar-refractivity contribution in [3.63, 3.8) is 0 Å². The van der Waals surface area contributed by atoms with Crippen molar-refractivity contribution < 1.29 is 0 Å². The number of rotatable bonds is 4. The fraction of sp³-hybridized carbons (Fsp3) is 0.333. The second-order valence-electron chi connectivity index (χ2n) is 4.28. The smallest absolute Gasteiger partial charge is 0.132 e. The third kappa shape index (κ3) is 2.50. The van der Waals surface area contributed by atoms with Gasteiger partial charge in [-0.05, 0) is 31.9 Å². The molecule has 18 heavy (non-hydrogen) atoms. The van der Waals surface area contributed by atoms with Crippen LogP contribution < -0.4 is 5.32 Å². The molecule has 0 bridgehead atoms. The highest BCUT2D eigenvalue weighted by molar-refractivity contribution is 5.68. The second kappa shape index (κ2) is 5.63. The summed E-state index contributed by atoms with van der Waals surface area (Å²) in [5.41, 5.74) is 4.60. The summed E-state index contributed by atoms with van der Waals surface area (Å²) in [6, 6.07) is 8.53. The Hall–Kier alpha value is -1.90. The molecule has 94 valence electrons. The van der Waals surface area contributed by atoms with E-state index in [1.54, 1.807) is 6.33 Å². The fourth-order valence-corrected chi connectivity index (χ4v) is 2.03. The van der Waals surface area contributed by atoms with Gasteiger partial charge in [-0.3, -0.25) is 0 Å². The predicted octanol–water partition coefficient (Wildman–Crippen LogP) is 3.45. The van der Waals surface area contributed by atoms with E-state index >= 15 is 0 Å². The molecule has 0 aliphatic heterocycles. The molecule has 1 aromatic heterocycles. The highest BCUT2D eigenvalue weighted by Gasteiger charge is 2.08. The zero-order chi connectivity index (χ0) is 13.0. The normalized spacial score (nSPS) is 10.4. The minimum Gasteiger partial charge on any atom is -0.370 e. The largest absolute Gasteiger partial charge is 0.370 e. The molecule has 0 spiro atoms. The maximum absolute atomic E-state index is 4.42. The standard InChI is InChI=1S/C15H19N3/c1-4-12-7-6-8-13(9-12)14-11(3)15(16-5-2)18-10-17-14/h6-10H,4-5H2,1-3H3,(H,16,17,18). The van der Waals surface area contributed by atoms with Gasteiger partial charge >= 0.3 is 0 Å². The van der Waals surface area contributed by atoms with Gasteiger partial charge in [0.25, 0.3) is 0 Å². The van der Waals surface area contributed by atoms with Gasteiger partial charge in [0, 0.05) is 17.7 Å². The van der Waals surface area contributed by atoms with E-state index in [1.807, 2.05) is 0 Å². The highest BCUT2D eigenvalue weighted by atomic mass is 15.0. The van der Waals surface area contributed by atoms with Crippen molar-refractivity contribution in [3.05, 3.63) is 41.7 Å². The molecular formula is C15H19N3. The van der Waals surface area contributed by atoms with Gasteiger partial charge in [-0.1, -0.05) is 25.1 Å². The molecule has 3 heteroatoms. The quantitative estimate of drug-likeness (QED) is 0.891. The Morgan fingerprint density at radius 2 is 2.00 bits per heavy atom. The van der Waals surface area contributed by atoms with Gasteiger partial charge < -0.3 is 5.32 Å². The SMILES string of the molecule is CCNc1ncnc(-c2cccc(CC)c2)c1C. The minimum atomic E-state index is 0.867. The van der Waals surface area contributed by atoms with Crippen molar-refractivity contribution in [1.82, 2.24) is 9.97 Å². The van der Waals surface area contributed by atoms with Gasteiger partial charge in [0.15, 0.2) is 0 Å². The van der Waals surface area contributed by atoms with Gasteiger partial charge in [-0.2, -0.15) is 0 Å². The van der Waals surface area contributed by atoms with Crippen molar-refractivity contribution >= 4 is 5.82 Å². The third-order valence-electron chi connectivity index (χ3n) is 3.04. The van der Waals surface area contributed by atoms with Crippen molar-refractivity contribution in [2.24, 2.45) is 0 Å². The number of hydrogen-bond donors (Lipinski definition) is 1. The third-order valence-corrected chi connectivity index (χ3v) is 3.04. The number of hydrogen-bond acceptors (Lipinski definition) is 3. The van der Waals surface area contributed by atoms with Gasteiger partial charge in [0.1, 0.15) is 12.1 Å². The van der Waals surface area contributed by atoms with Gasteiger partial charge in [0.05, 0.1) is 5.69 Å². The molecule has 0 radical (unpaired) electrons. The van der Waals surface area contributed by atoms with E-state index in [0.717, 1.165) is 35.6 Å². The summed E-state index contributed by atoms with van der Waals surface area (Å²) in [4.78, 5) is 8.69. The highest BCUT2D eigenvalue weighted by Crippen LogP contribution is 2.25. The Morgan fingerprint density at radius 3 is 2.72 bits per heavy atom. The summed E-state index contributed by atoms with van der Waals surface area (Å²) in [6.07, 6.45) is 2.66. The maximum Gasteiger partial charge on any atom is 0.132 e. The summed E-state index contributed by atoms with van der Waals surface area (Å²) >= 11 is 0. The first kappa shape index (κ1) is 12.6. The van der Waals surface area contributed by atoms with Crippen molar-refractivity contribution in [2.45, 2.75) is 27.2 Å². The second-order valence-corrected chi connectivity index (χ2v) is 4.28. The van der Waals surface area contributed by atoms with Crippen LogP contribution in [0.1, 0.15) is 25.0 Å². The Balaban J connectivity index is 2.46. The van der Waals surface area contributed by atoms with E-state index in [0.29, 0.717) is 0 Å². The van der Waals surface area contributed by atoms with Crippen LogP contribution in [0.3, 0.4) is 0 Å². The molecule has 0 fully saturated rings. The average Bonchev–Trinajstić information content (AvgIpc) is 2.41. The van der Waals surface area contributed by atoms with E-state index in [1.165, 1.54) is 5.56 Å². The van der Waals surface area contributed by atoms with Crippen molar-refractivity contribution in [2.75, 3.05) is 11.9 Å². The van der Waals surface area contributed by atoms with E-state index in [9.17, 15) is 0 Å². The first-order valence-electron chi connectivity index (χ1n) is 6.41. The molecule has 1 aromatic carbocycles. The maximum atomic E-state index is 4.42. The Morgan fingerprint density at radius 1 is 1.17 bits per heavy atom. The minimum absolute atomic E-state index is 0.867. The molecule has 1 heterocycles. The molecule has 2 aromatic rings. The molecule has 1 N–H and O–H groups in total. The van der Waals surface area contributed by atoms with E-state index < -0.39 is 0 Å². The van der Waals surface area contributed by atoms with Crippen LogP contribution in [0.5, 0.6) is 0 Å². The van der Waals surface area contributed by atoms with Crippen LogP contribution in [-0.2, 0) is 6.42 Å².